The van der Waals surface area contributed by atoms with Gasteiger partial charge in [0, 0.05) is 32.7 Å². The summed E-state index contributed by atoms with van der Waals surface area (Å²) in [6.45, 7) is 3.53. The summed E-state index contributed by atoms with van der Waals surface area (Å²) < 4.78 is 0. The van der Waals surface area contributed by atoms with Crippen LogP contribution in [0.15, 0.2) is 30.3 Å². The lowest BCUT2D eigenvalue weighted by Gasteiger charge is -2.41. The fraction of sp³-hybridized carbons (Fsp3) is 0.609. The molecule has 1 aliphatic carbocycles. The highest BCUT2D eigenvalue weighted by molar-refractivity contribution is 6.35. The van der Waals surface area contributed by atoms with Crippen molar-refractivity contribution in [2.45, 2.75) is 64.0 Å². The fourth-order valence-corrected chi connectivity index (χ4v) is 4.43. The minimum atomic E-state index is -0.743. The van der Waals surface area contributed by atoms with Crippen molar-refractivity contribution in [2.75, 3.05) is 26.7 Å². The first-order valence-corrected chi connectivity index (χ1v) is 11.0. The number of amides is 3. The van der Waals surface area contributed by atoms with E-state index in [4.69, 9.17) is 0 Å². The van der Waals surface area contributed by atoms with Crippen LogP contribution in [0.25, 0.3) is 0 Å². The molecule has 1 aromatic rings. The van der Waals surface area contributed by atoms with Crippen LogP contribution in [-0.4, -0.2) is 65.1 Å². The van der Waals surface area contributed by atoms with Crippen LogP contribution in [0.5, 0.6) is 0 Å². The highest BCUT2D eigenvalue weighted by Crippen LogP contribution is 2.29. The van der Waals surface area contributed by atoms with Gasteiger partial charge in [-0.25, -0.2) is 0 Å². The predicted octanol–water partition coefficient (Wildman–Crippen LogP) is 2.99. The lowest BCUT2D eigenvalue weighted by atomic mass is 9.93. The van der Waals surface area contributed by atoms with E-state index < -0.39 is 17.9 Å². The third-order valence-electron chi connectivity index (χ3n) is 6.25. The Kier molecular flexibility index (Phi) is 7.29. The number of benzene rings is 1. The standard InChI is InChI=1S/C23H33N3O3/c1-3-4-15-25-16-17-26(23(29)22(25)28)20(18-11-7-5-8-12-18)21(27)24(2)19-13-9-6-10-14-19/h5,7-8,11-12,19-20H,3-4,6,9-10,13-17H2,1-2H3. The monoisotopic (exact) mass is 399 g/mol. The Balaban J connectivity index is 1.83. The van der Waals surface area contributed by atoms with Gasteiger partial charge in [0.15, 0.2) is 0 Å². The summed E-state index contributed by atoms with van der Waals surface area (Å²) in [7, 11) is 1.85. The molecular weight excluding hydrogens is 366 g/mol. The second kappa shape index (κ2) is 9.90. The van der Waals surface area contributed by atoms with E-state index in [1.807, 2.05) is 42.3 Å². The Morgan fingerprint density at radius 1 is 1.07 bits per heavy atom. The van der Waals surface area contributed by atoms with Crippen LogP contribution in [-0.2, 0) is 14.4 Å². The minimum absolute atomic E-state index is 0.0914. The Hall–Kier alpha value is -2.37. The molecule has 0 N–H and O–H groups in total. The number of unbranched alkanes of at least 4 members (excludes halogenated alkanes) is 1. The second-order valence-electron chi connectivity index (χ2n) is 8.20. The number of hydrogen-bond donors (Lipinski definition) is 0. The number of rotatable bonds is 7. The molecule has 6 heteroatoms. The number of hydrogen-bond acceptors (Lipinski definition) is 3. The van der Waals surface area contributed by atoms with Gasteiger partial charge in [-0.2, -0.15) is 0 Å². The SMILES string of the molecule is CCCCN1CCN(C(C(=O)N(C)C2CCCCC2)c2ccccc2)C(=O)C1=O. The highest BCUT2D eigenvalue weighted by atomic mass is 16.2. The Morgan fingerprint density at radius 3 is 2.41 bits per heavy atom. The third kappa shape index (κ3) is 4.80. The molecule has 1 unspecified atom stereocenters. The number of carbonyl (C=O) groups excluding carboxylic acids is 3. The number of nitrogens with zero attached hydrogens (tertiary/aromatic N) is 3. The van der Waals surface area contributed by atoms with E-state index in [-0.39, 0.29) is 11.9 Å². The van der Waals surface area contributed by atoms with Gasteiger partial charge in [-0.05, 0) is 24.8 Å². The molecule has 6 nitrogen and oxygen atoms in total. The van der Waals surface area contributed by atoms with Gasteiger partial charge in [-0.1, -0.05) is 62.9 Å². The molecule has 3 amide bonds. The third-order valence-corrected chi connectivity index (χ3v) is 6.25. The topological polar surface area (TPSA) is 60.9 Å². The zero-order chi connectivity index (χ0) is 20.8. The van der Waals surface area contributed by atoms with Crippen LogP contribution in [0.1, 0.15) is 63.5 Å². The van der Waals surface area contributed by atoms with Gasteiger partial charge in [-0.3, -0.25) is 14.4 Å². The first-order chi connectivity index (χ1) is 14.0. The molecular formula is C23H33N3O3. The van der Waals surface area contributed by atoms with Crippen molar-refractivity contribution < 1.29 is 14.4 Å². The minimum Gasteiger partial charge on any atom is -0.341 e. The molecule has 2 aliphatic rings. The molecule has 158 valence electrons. The lowest BCUT2D eigenvalue weighted by Crippen LogP contribution is -2.58. The van der Waals surface area contributed by atoms with Crippen LogP contribution in [0, 0.1) is 0 Å². The summed E-state index contributed by atoms with van der Waals surface area (Å²) in [4.78, 5) is 44.1. The van der Waals surface area contributed by atoms with Crippen molar-refractivity contribution in [1.29, 1.82) is 0 Å². The average molecular weight is 400 g/mol. The van der Waals surface area contributed by atoms with Gasteiger partial charge in [0.05, 0.1) is 0 Å². The average Bonchev–Trinajstić information content (AvgIpc) is 2.77. The molecule has 2 fully saturated rings. The van der Waals surface area contributed by atoms with Crippen molar-refractivity contribution in [3.63, 3.8) is 0 Å². The molecule has 3 rings (SSSR count). The number of likely N-dealkylation sites (N-methyl/N-ethyl adjacent to an activating group) is 1. The van der Waals surface area contributed by atoms with Gasteiger partial charge in [-0.15, -0.1) is 0 Å². The lowest BCUT2D eigenvalue weighted by molar-refractivity contribution is -0.161. The molecule has 0 aromatic heterocycles. The molecule has 1 heterocycles. The summed E-state index contributed by atoms with van der Waals surface area (Å²) in [5.41, 5.74) is 0.767. The molecule has 0 radical (unpaired) electrons. The van der Waals surface area contributed by atoms with E-state index in [0.717, 1.165) is 44.1 Å². The van der Waals surface area contributed by atoms with E-state index >= 15 is 0 Å². The first kappa shape index (κ1) is 21.3. The number of carbonyl (C=O) groups is 3. The van der Waals surface area contributed by atoms with Crippen LogP contribution < -0.4 is 0 Å². The summed E-state index contributed by atoms with van der Waals surface area (Å²) in [5, 5.41) is 0. The van der Waals surface area contributed by atoms with Gasteiger partial charge in [0.25, 0.3) is 0 Å². The molecule has 1 atom stereocenters. The maximum absolute atomic E-state index is 13.6. The van der Waals surface area contributed by atoms with E-state index in [1.165, 1.54) is 11.3 Å². The zero-order valence-electron chi connectivity index (χ0n) is 17.7. The smallest absolute Gasteiger partial charge is 0.313 e. The van der Waals surface area contributed by atoms with Crippen molar-refractivity contribution in [1.82, 2.24) is 14.7 Å². The van der Waals surface area contributed by atoms with E-state index in [0.29, 0.717) is 19.6 Å². The normalized spacial score (nSPS) is 19.4. The van der Waals surface area contributed by atoms with Gasteiger partial charge in [0.2, 0.25) is 5.91 Å². The fourth-order valence-electron chi connectivity index (χ4n) is 4.43. The first-order valence-electron chi connectivity index (χ1n) is 11.0. The summed E-state index contributed by atoms with van der Waals surface area (Å²) in [6, 6.07) is 8.86. The van der Waals surface area contributed by atoms with Crippen LogP contribution in [0.3, 0.4) is 0 Å². The summed E-state index contributed by atoms with van der Waals surface area (Å²) in [5.74, 6) is -1.14. The van der Waals surface area contributed by atoms with Crippen molar-refractivity contribution >= 4 is 17.7 Å². The van der Waals surface area contributed by atoms with Crippen molar-refractivity contribution in [3.8, 4) is 0 Å². The maximum atomic E-state index is 13.6. The van der Waals surface area contributed by atoms with Crippen LogP contribution in [0.2, 0.25) is 0 Å². The Labute approximate surface area is 173 Å². The van der Waals surface area contributed by atoms with Gasteiger partial charge >= 0.3 is 11.8 Å². The van der Waals surface area contributed by atoms with Crippen LogP contribution >= 0.6 is 0 Å². The Bertz CT molecular complexity index is 715. The van der Waals surface area contributed by atoms with E-state index in [1.54, 1.807) is 4.90 Å². The quantitative estimate of drug-likeness (QED) is 0.662. The van der Waals surface area contributed by atoms with E-state index in [9.17, 15) is 14.4 Å². The zero-order valence-corrected chi connectivity index (χ0v) is 17.7. The molecule has 1 saturated heterocycles. The van der Waals surface area contributed by atoms with E-state index in [2.05, 4.69) is 6.92 Å². The van der Waals surface area contributed by atoms with Gasteiger partial charge in [0.1, 0.15) is 6.04 Å². The molecule has 29 heavy (non-hydrogen) atoms. The van der Waals surface area contributed by atoms with Crippen LogP contribution in [0.4, 0.5) is 0 Å². The molecule has 0 bridgehead atoms. The van der Waals surface area contributed by atoms with Crippen molar-refractivity contribution in [2.24, 2.45) is 0 Å². The van der Waals surface area contributed by atoms with Crippen molar-refractivity contribution in [3.05, 3.63) is 35.9 Å². The maximum Gasteiger partial charge on any atom is 0.313 e. The second-order valence-corrected chi connectivity index (χ2v) is 8.20. The largest absolute Gasteiger partial charge is 0.341 e. The molecule has 0 spiro atoms. The number of piperazine rings is 1. The Morgan fingerprint density at radius 2 is 1.76 bits per heavy atom. The molecule has 1 saturated carbocycles. The highest BCUT2D eigenvalue weighted by Gasteiger charge is 2.41. The summed E-state index contributed by atoms with van der Waals surface area (Å²) >= 11 is 0. The predicted molar refractivity (Wildman–Crippen MR) is 112 cm³/mol. The molecule has 1 aliphatic heterocycles. The molecule has 1 aromatic carbocycles. The van der Waals surface area contributed by atoms with Gasteiger partial charge < -0.3 is 14.7 Å². The summed E-state index contributed by atoms with van der Waals surface area (Å²) in [6.07, 6.45) is 7.33.